The van der Waals surface area contributed by atoms with Gasteiger partial charge < -0.3 is 4.57 Å². The van der Waals surface area contributed by atoms with Crippen LogP contribution in [-0.4, -0.2) is 25.4 Å². The number of nitrogens with zero attached hydrogens (tertiary/aromatic N) is 3. The lowest BCUT2D eigenvalue weighted by Gasteiger charge is -2.19. The second-order valence-electron chi connectivity index (χ2n) is 8.40. The molecule has 1 aliphatic heterocycles. The fraction of sp³-hybridized carbons (Fsp3) is 0.231. The smallest absolute Gasteiger partial charge is 0.279 e. The molecule has 6 nitrogen and oxygen atoms in total. The fourth-order valence-electron chi connectivity index (χ4n) is 4.46. The van der Waals surface area contributed by atoms with E-state index in [1.165, 1.54) is 27.8 Å². The highest BCUT2D eigenvalue weighted by molar-refractivity contribution is 7.92. The topological polar surface area (TPSA) is 71.7 Å². The summed E-state index contributed by atoms with van der Waals surface area (Å²) < 4.78 is 31.1. The predicted octanol–water partition coefficient (Wildman–Crippen LogP) is 4.83. The number of carbonyl (C=O) groups excluding carboxylic acids is 1. The molecule has 0 fully saturated rings. The van der Waals surface area contributed by atoms with Crippen molar-refractivity contribution in [3.63, 3.8) is 0 Å². The summed E-state index contributed by atoms with van der Waals surface area (Å²) in [6.45, 7) is 7.27. The largest absolute Gasteiger partial charge is 0.316 e. The van der Waals surface area contributed by atoms with Gasteiger partial charge in [-0.2, -0.15) is 4.99 Å². The number of hydrogen-bond donors (Lipinski definition) is 0. The molecule has 0 spiro atoms. The van der Waals surface area contributed by atoms with E-state index in [2.05, 4.69) is 35.5 Å². The molecule has 0 aliphatic carbocycles. The molecule has 0 unspecified atom stereocenters. The van der Waals surface area contributed by atoms with E-state index in [4.69, 9.17) is 0 Å². The zero-order valence-electron chi connectivity index (χ0n) is 19.3. The Labute approximate surface area is 202 Å². The lowest BCUT2D eigenvalue weighted by atomic mass is 10.1. The number of rotatable bonds is 4. The Hall–Kier alpha value is -3.23. The van der Waals surface area contributed by atoms with E-state index >= 15 is 0 Å². The Morgan fingerprint density at radius 1 is 1.00 bits per heavy atom. The normalized spacial score (nSPS) is 14.1. The molecule has 0 radical (unpaired) electrons. The number of benzene rings is 3. The molecule has 8 heteroatoms. The van der Waals surface area contributed by atoms with Crippen molar-refractivity contribution >= 4 is 43.2 Å². The maximum Gasteiger partial charge on any atom is 0.279 e. The Kier molecular flexibility index (Phi) is 5.65. The summed E-state index contributed by atoms with van der Waals surface area (Å²) in [5.41, 5.74) is 5.50. The molecule has 0 atom stereocenters. The van der Waals surface area contributed by atoms with Gasteiger partial charge in [-0.25, -0.2) is 8.42 Å². The molecular formula is C26H25N3O3S2. The molecule has 5 rings (SSSR count). The molecule has 34 heavy (non-hydrogen) atoms. The molecule has 3 aromatic carbocycles. The molecule has 1 amide bonds. The quantitative estimate of drug-likeness (QED) is 0.410. The summed E-state index contributed by atoms with van der Waals surface area (Å²) in [7, 11) is -3.70. The highest BCUT2D eigenvalue weighted by Crippen LogP contribution is 2.32. The van der Waals surface area contributed by atoms with Gasteiger partial charge in [0.15, 0.2) is 4.80 Å². The van der Waals surface area contributed by atoms with Crippen LogP contribution in [0, 0.1) is 13.8 Å². The number of anilines is 1. The van der Waals surface area contributed by atoms with Gasteiger partial charge in [0.2, 0.25) is 0 Å². The second kappa shape index (κ2) is 8.52. The van der Waals surface area contributed by atoms with Crippen LogP contribution in [-0.2, 0) is 23.0 Å². The summed E-state index contributed by atoms with van der Waals surface area (Å²) in [6.07, 6.45) is 0.691. The standard InChI is InChI=1S/C26H25N3O3S2/c1-4-28-23-17(2)9-10-18(3)24(23)33-26(28)27-25(30)20-11-13-21(14-12-20)34(31,32)29-16-15-19-7-5-6-8-22(19)29/h5-14H,4,15-16H2,1-3H3. The molecule has 0 saturated heterocycles. The van der Waals surface area contributed by atoms with Crippen LogP contribution in [0.4, 0.5) is 5.69 Å². The van der Waals surface area contributed by atoms with Crippen LogP contribution in [0.25, 0.3) is 10.2 Å². The van der Waals surface area contributed by atoms with Crippen LogP contribution in [0.15, 0.2) is 70.6 Å². The van der Waals surface area contributed by atoms with E-state index in [1.807, 2.05) is 31.2 Å². The summed E-state index contributed by atoms with van der Waals surface area (Å²) >= 11 is 1.50. The van der Waals surface area contributed by atoms with Crippen molar-refractivity contribution in [1.82, 2.24) is 4.57 Å². The summed E-state index contributed by atoms with van der Waals surface area (Å²) in [6, 6.07) is 17.8. The Bertz CT molecular complexity index is 1600. The average molecular weight is 492 g/mol. The molecule has 0 saturated carbocycles. The molecule has 1 aliphatic rings. The minimum atomic E-state index is -3.70. The average Bonchev–Trinajstić information content (AvgIpc) is 3.44. The first kappa shape index (κ1) is 22.6. The second-order valence-corrected chi connectivity index (χ2v) is 11.2. The van der Waals surface area contributed by atoms with Crippen LogP contribution >= 0.6 is 11.3 Å². The summed E-state index contributed by atoms with van der Waals surface area (Å²) in [4.78, 5) is 18.2. The van der Waals surface area contributed by atoms with E-state index in [-0.39, 0.29) is 10.8 Å². The first-order valence-electron chi connectivity index (χ1n) is 11.2. The highest BCUT2D eigenvalue weighted by atomic mass is 32.2. The van der Waals surface area contributed by atoms with Crippen molar-refractivity contribution in [1.29, 1.82) is 0 Å². The van der Waals surface area contributed by atoms with Gasteiger partial charge in [-0.3, -0.25) is 9.10 Å². The number of para-hydroxylation sites is 1. The Morgan fingerprint density at radius 3 is 2.44 bits per heavy atom. The van der Waals surface area contributed by atoms with Crippen molar-refractivity contribution in [3.05, 3.63) is 87.7 Å². The molecule has 4 aromatic rings. The lowest BCUT2D eigenvalue weighted by molar-refractivity contribution is 0.0997. The van der Waals surface area contributed by atoms with Crippen LogP contribution in [0.2, 0.25) is 0 Å². The minimum absolute atomic E-state index is 0.164. The number of hydrogen-bond acceptors (Lipinski definition) is 4. The van der Waals surface area contributed by atoms with Crippen molar-refractivity contribution < 1.29 is 13.2 Å². The summed E-state index contributed by atoms with van der Waals surface area (Å²) in [5.74, 6) is -0.389. The van der Waals surface area contributed by atoms with Gasteiger partial charge in [0.1, 0.15) is 0 Å². The van der Waals surface area contributed by atoms with Crippen molar-refractivity contribution in [2.24, 2.45) is 4.99 Å². The maximum atomic E-state index is 13.2. The minimum Gasteiger partial charge on any atom is -0.316 e. The van der Waals surface area contributed by atoms with Gasteiger partial charge in [0.05, 0.1) is 20.8 Å². The Morgan fingerprint density at radius 2 is 1.71 bits per heavy atom. The molecule has 174 valence electrons. The van der Waals surface area contributed by atoms with Gasteiger partial charge in [-0.15, -0.1) is 0 Å². The van der Waals surface area contributed by atoms with Crippen molar-refractivity contribution in [2.45, 2.75) is 38.6 Å². The molecule has 1 aromatic heterocycles. The van der Waals surface area contributed by atoms with Crippen LogP contribution in [0.1, 0.15) is 34.0 Å². The lowest BCUT2D eigenvalue weighted by Crippen LogP contribution is -2.29. The zero-order valence-corrected chi connectivity index (χ0v) is 20.9. The van der Waals surface area contributed by atoms with Gasteiger partial charge in [0, 0.05) is 18.7 Å². The third kappa shape index (κ3) is 3.67. The van der Waals surface area contributed by atoms with Gasteiger partial charge >= 0.3 is 0 Å². The van der Waals surface area contributed by atoms with Crippen molar-refractivity contribution in [3.8, 4) is 0 Å². The van der Waals surface area contributed by atoms with E-state index < -0.39 is 10.0 Å². The maximum absolute atomic E-state index is 13.2. The number of fused-ring (bicyclic) bond motifs is 2. The van der Waals surface area contributed by atoms with Crippen LogP contribution in [0.3, 0.4) is 0 Å². The van der Waals surface area contributed by atoms with Crippen LogP contribution < -0.4 is 9.11 Å². The first-order chi connectivity index (χ1) is 16.3. The van der Waals surface area contributed by atoms with Crippen LogP contribution in [0.5, 0.6) is 0 Å². The fourth-order valence-corrected chi connectivity index (χ4v) is 7.20. The molecule has 0 N–H and O–H groups in total. The third-order valence-electron chi connectivity index (χ3n) is 6.27. The highest BCUT2D eigenvalue weighted by Gasteiger charge is 2.30. The SMILES string of the molecule is CCn1c(=NC(=O)c2ccc(S(=O)(=O)N3CCc4ccccc43)cc2)sc2c(C)ccc(C)c21. The number of aromatic nitrogens is 1. The van der Waals surface area contributed by atoms with E-state index in [9.17, 15) is 13.2 Å². The van der Waals surface area contributed by atoms with E-state index in [1.54, 1.807) is 12.1 Å². The summed E-state index contributed by atoms with van der Waals surface area (Å²) in [5, 5.41) is 0. The van der Waals surface area contributed by atoms with Crippen molar-refractivity contribution in [2.75, 3.05) is 10.8 Å². The molecular weight excluding hydrogens is 466 g/mol. The molecule has 0 bridgehead atoms. The Balaban J connectivity index is 1.48. The number of carbonyl (C=O) groups is 1. The number of aryl methyl sites for hydroxylation is 3. The first-order valence-corrected chi connectivity index (χ1v) is 13.5. The zero-order chi connectivity index (χ0) is 24.0. The number of sulfonamides is 1. The third-order valence-corrected chi connectivity index (χ3v) is 9.31. The van der Waals surface area contributed by atoms with Gasteiger partial charge in [-0.05, 0) is 74.2 Å². The van der Waals surface area contributed by atoms with E-state index in [0.717, 1.165) is 32.6 Å². The number of thiazole rings is 1. The monoisotopic (exact) mass is 491 g/mol. The number of amides is 1. The van der Waals surface area contributed by atoms with E-state index in [0.29, 0.717) is 29.9 Å². The van der Waals surface area contributed by atoms with Gasteiger partial charge in [0.25, 0.3) is 15.9 Å². The molecule has 2 heterocycles. The van der Waals surface area contributed by atoms with Gasteiger partial charge in [-0.1, -0.05) is 41.7 Å². The predicted molar refractivity (Wildman–Crippen MR) is 136 cm³/mol.